The van der Waals surface area contributed by atoms with Crippen molar-refractivity contribution in [1.29, 1.82) is 0 Å². The van der Waals surface area contributed by atoms with Gasteiger partial charge in [-0.2, -0.15) is 0 Å². The summed E-state index contributed by atoms with van der Waals surface area (Å²) in [5.41, 5.74) is 0.636. The van der Waals surface area contributed by atoms with Crippen LogP contribution in [0.1, 0.15) is 5.56 Å². The maximum atomic E-state index is 13.2. The first-order chi connectivity index (χ1) is 7.91. The Hall–Kier alpha value is -2.11. The van der Waals surface area contributed by atoms with Crippen molar-refractivity contribution in [2.24, 2.45) is 0 Å². The summed E-state index contributed by atoms with van der Waals surface area (Å²) in [4.78, 5) is 22.9. The van der Waals surface area contributed by atoms with Crippen LogP contribution in [0.5, 0.6) is 0 Å². The maximum absolute atomic E-state index is 13.2. The SMILES string of the molecule is Cc1c(F)cccc1NC(=O)N(C)CC(=O)O. The number of benzene rings is 1. The van der Waals surface area contributed by atoms with Crippen molar-refractivity contribution in [3.05, 3.63) is 29.6 Å². The number of amides is 2. The Morgan fingerprint density at radius 2 is 2.12 bits per heavy atom. The number of carboxylic acid groups (broad SMARTS) is 1. The molecule has 6 heteroatoms. The third kappa shape index (κ3) is 3.44. The summed E-state index contributed by atoms with van der Waals surface area (Å²) in [6.45, 7) is 1.11. The standard InChI is InChI=1S/C11H13FN2O3/c1-7-8(12)4-3-5-9(7)13-11(17)14(2)6-10(15)16/h3-5H,6H2,1-2H3,(H,13,17)(H,15,16). The molecule has 0 atom stereocenters. The van der Waals surface area contributed by atoms with E-state index in [1.165, 1.54) is 26.1 Å². The molecule has 0 fully saturated rings. The molecule has 1 rings (SSSR count). The Bertz CT molecular complexity index is 448. The molecule has 2 N–H and O–H groups in total. The summed E-state index contributed by atoms with van der Waals surface area (Å²) in [6.07, 6.45) is 0. The molecule has 0 aliphatic heterocycles. The van der Waals surface area contributed by atoms with Crippen molar-refractivity contribution in [3.8, 4) is 0 Å². The van der Waals surface area contributed by atoms with Gasteiger partial charge in [0.1, 0.15) is 12.4 Å². The molecule has 0 saturated heterocycles. The largest absolute Gasteiger partial charge is 0.480 e. The monoisotopic (exact) mass is 240 g/mol. The Morgan fingerprint density at radius 1 is 1.47 bits per heavy atom. The lowest BCUT2D eigenvalue weighted by Gasteiger charge is -2.16. The van der Waals surface area contributed by atoms with Gasteiger partial charge in [-0.3, -0.25) is 4.79 Å². The fourth-order valence-corrected chi connectivity index (χ4v) is 1.23. The zero-order valence-corrected chi connectivity index (χ0v) is 9.53. The van der Waals surface area contributed by atoms with Crippen LogP contribution >= 0.6 is 0 Å². The molecule has 0 heterocycles. The van der Waals surface area contributed by atoms with E-state index in [-0.39, 0.29) is 0 Å². The first kappa shape index (κ1) is 13.0. The van der Waals surface area contributed by atoms with Crippen LogP contribution in [-0.4, -0.2) is 35.6 Å². The molecule has 1 aromatic rings. The number of urea groups is 1. The van der Waals surface area contributed by atoms with E-state index in [1.54, 1.807) is 6.07 Å². The van der Waals surface area contributed by atoms with Crippen LogP contribution < -0.4 is 5.32 Å². The second-order valence-corrected chi connectivity index (χ2v) is 3.59. The van der Waals surface area contributed by atoms with Gasteiger partial charge < -0.3 is 15.3 Å². The summed E-state index contributed by atoms with van der Waals surface area (Å²) in [5.74, 6) is -1.54. The molecular formula is C11H13FN2O3. The van der Waals surface area contributed by atoms with Crippen LogP contribution in [0.2, 0.25) is 0 Å². The van der Waals surface area contributed by atoms with Gasteiger partial charge in [0, 0.05) is 18.3 Å². The van der Waals surface area contributed by atoms with E-state index in [1.807, 2.05) is 0 Å². The van der Waals surface area contributed by atoms with E-state index in [0.717, 1.165) is 4.90 Å². The Balaban J connectivity index is 2.74. The normalized spacial score (nSPS) is 9.82. The second-order valence-electron chi connectivity index (χ2n) is 3.59. The zero-order valence-electron chi connectivity index (χ0n) is 9.53. The number of carbonyl (C=O) groups excluding carboxylic acids is 1. The fourth-order valence-electron chi connectivity index (χ4n) is 1.23. The molecule has 2 amide bonds. The van der Waals surface area contributed by atoms with Gasteiger partial charge in [-0.05, 0) is 19.1 Å². The third-order valence-electron chi connectivity index (χ3n) is 2.23. The number of likely N-dealkylation sites (N-methyl/N-ethyl adjacent to an activating group) is 1. The fraction of sp³-hybridized carbons (Fsp3) is 0.273. The predicted octanol–water partition coefficient (Wildman–Crippen LogP) is 1.68. The van der Waals surface area contributed by atoms with Crippen LogP contribution in [-0.2, 0) is 4.79 Å². The van der Waals surface area contributed by atoms with E-state index in [0.29, 0.717) is 11.3 Å². The molecular weight excluding hydrogens is 227 g/mol. The van der Waals surface area contributed by atoms with Gasteiger partial charge in [-0.1, -0.05) is 6.07 Å². The Kier molecular flexibility index (Phi) is 4.03. The summed E-state index contributed by atoms with van der Waals surface area (Å²) < 4.78 is 13.2. The van der Waals surface area contributed by atoms with E-state index >= 15 is 0 Å². The number of anilines is 1. The summed E-state index contributed by atoms with van der Waals surface area (Å²) >= 11 is 0. The first-order valence-corrected chi connectivity index (χ1v) is 4.91. The number of hydrogen-bond acceptors (Lipinski definition) is 2. The predicted molar refractivity (Wildman–Crippen MR) is 60.4 cm³/mol. The number of nitrogens with zero attached hydrogens (tertiary/aromatic N) is 1. The highest BCUT2D eigenvalue weighted by Gasteiger charge is 2.13. The minimum absolute atomic E-state index is 0.310. The molecule has 0 aromatic heterocycles. The molecule has 1 aromatic carbocycles. The summed E-state index contributed by atoms with van der Waals surface area (Å²) in [5, 5.41) is 11.0. The molecule has 5 nitrogen and oxygen atoms in total. The number of carboxylic acids is 1. The molecule has 0 radical (unpaired) electrons. The third-order valence-corrected chi connectivity index (χ3v) is 2.23. The number of carbonyl (C=O) groups is 2. The van der Waals surface area contributed by atoms with E-state index in [4.69, 9.17) is 5.11 Å². The van der Waals surface area contributed by atoms with Crippen molar-refractivity contribution in [1.82, 2.24) is 4.90 Å². The lowest BCUT2D eigenvalue weighted by molar-refractivity contribution is -0.137. The van der Waals surface area contributed by atoms with Crippen LogP contribution in [0.25, 0.3) is 0 Å². The van der Waals surface area contributed by atoms with Gasteiger partial charge in [0.25, 0.3) is 0 Å². The second kappa shape index (κ2) is 5.29. The van der Waals surface area contributed by atoms with Crippen molar-refractivity contribution < 1.29 is 19.1 Å². The molecule has 0 saturated carbocycles. The van der Waals surface area contributed by atoms with Crippen molar-refractivity contribution in [2.75, 3.05) is 18.9 Å². The van der Waals surface area contributed by atoms with E-state index in [2.05, 4.69) is 5.32 Å². The van der Waals surface area contributed by atoms with E-state index < -0.39 is 24.4 Å². The van der Waals surface area contributed by atoms with Crippen LogP contribution in [0.3, 0.4) is 0 Å². The van der Waals surface area contributed by atoms with Gasteiger partial charge in [0.2, 0.25) is 0 Å². The first-order valence-electron chi connectivity index (χ1n) is 4.91. The van der Waals surface area contributed by atoms with E-state index in [9.17, 15) is 14.0 Å². The summed E-state index contributed by atoms with van der Waals surface area (Å²) in [7, 11) is 1.35. The van der Waals surface area contributed by atoms with Crippen molar-refractivity contribution in [3.63, 3.8) is 0 Å². The Morgan fingerprint density at radius 3 is 2.71 bits per heavy atom. The number of halogens is 1. The molecule has 17 heavy (non-hydrogen) atoms. The lowest BCUT2D eigenvalue weighted by Crippen LogP contribution is -2.35. The average molecular weight is 240 g/mol. The van der Waals surface area contributed by atoms with Gasteiger partial charge in [-0.15, -0.1) is 0 Å². The molecule has 0 unspecified atom stereocenters. The lowest BCUT2D eigenvalue weighted by atomic mass is 10.2. The zero-order chi connectivity index (χ0) is 13.0. The highest BCUT2D eigenvalue weighted by atomic mass is 19.1. The number of aliphatic carboxylic acids is 1. The number of rotatable bonds is 3. The number of hydrogen-bond donors (Lipinski definition) is 2. The highest BCUT2D eigenvalue weighted by Crippen LogP contribution is 2.17. The van der Waals surface area contributed by atoms with Crippen LogP contribution in [0.15, 0.2) is 18.2 Å². The minimum Gasteiger partial charge on any atom is -0.480 e. The summed E-state index contributed by atoms with van der Waals surface area (Å²) in [6, 6.07) is 3.70. The van der Waals surface area contributed by atoms with Crippen LogP contribution in [0.4, 0.5) is 14.9 Å². The topological polar surface area (TPSA) is 69.6 Å². The molecule has 0 spiro atoms. The van der Waals surface area contributed by atoms with Crippen molar-refractivity contribution in [2.45, 2.75) is 6.92 Å². The minimum atomic E-state index is -1.11. The molecule has 92 valence electrons. The number of nitrogens with one attached hydrogen (secondary N) is 1. The molecule has 0 bridgehead atoms. The smallest absolute Gasteiger partial charge is 0.323 e. The Labute approximate surface area is 97.8 Å². The molecule has 0 aliphatic carbocycles. The quantitative estimate of drug-likeness (QED) is 0.844. The average Bonchev–Trinajstić information content (AvgIpc) is 2.23. The van der Waals surface area contributed by atoms with Gasteiger partial charge >= 0.3 is 12.0 Å². The van der Waals surface area contributed by atoms with Crippen molar-refractivity contribution >= 4 is 17.7 Å². The van der Waals surface area contributed by atoms with Crippen LogP contribution in [0, 0.1) is 12.7 Å². The molecule has 0 aliphatic rings. The van der Waals surface area contributed by atoms with Gasteiger partial charge in [0.05, 0.1) is 0 Å². The highest BCUT2D eigenvalue weighted by molar-refractivity contribution is 5.91. The maximum Gasteiger partial charge on any atom is 0.323 e. The van der Waals surface area contributed by atoms with Gasteiger partial charge in [-0.25, -0.2) is 9.18 Å². The van der Waals surface area contributed by atoms with Gasteiger partial charge in [0.15, 0.2) is 0 Å².